The first kappa shape index (κ1) is 14.0. The normalized spacial score (nSPS) is 11.4. The zero-order valence-corrected chi connectivity index (χ0v) is 11.0. The van der Waals surface area contributed by atoms with E-state index in [0.29, 0.717) is 18.7 Å². The zero-order valence-electron chi connectivity index (χ0n) is 11.0. The molecular weight excluding hydrogens is 228 g/mol. The van der Waals surface area contributed by atoms with Gasteiger partial charge in [0, 0.05) is 26.3 Å². The number of hydrogen-bond donors (Lipinski definition) is 1. The van der Waals surface area contributed by atoms with Crippen LogP contribution in [0.1, 0.15) is 24.2 Å². The lowest BCUT2D eigenvalue weighted by Crippen LogP contribution is -2.34. The lowest BCUT2D eigenvalue weighted by molar-refractivity contribution is 0.0752. The van der Waals surface area contributed by atoms with E-state index in [1.165, 1.54) is 0 Å². The third kappa shape index (κ3) is 3.45. The number of nitriles is 1. The molecule has 0 saturated carbocycles. The van der Waals surface area contributed by atoms with Crippen molar-refractivity contribution in [2.45, 2.75) is 13.8 Å². The predicted octanol–water partition coefficient (Wildman–Crippen LogP) is 1.75. The number of hydrogen-bond acceptors (Lipinski definition) is 4. The van der Waals surface area contributed by atoms with Gasteiger partial charge in [-0.3, -0.25) is 4.79 Å². The summed E-state index contributed by atoms with van der Waals surface area (Å²) in [6, 6.07) is 5.63. The summed E-state index contributed by atoms with van der Waals surface area (Å²) >= 11 is 0. The number of carbonyl (C=O) groups excluding carboxylic acids is 1. The van der Waals surface area contributed by atoms with Crippen molar-refractivity contribution in [1.29, 1.82) is 5.26 Å². The van der Waals surface area contributed by atoms with Crippen molar-refractivity contribution in [2.75, 3.05) is 25.5 Å². The van der Waals surface area contributed by atoms with Crippen LogP contribution in [0.4, 0.5) is 5.82 Å². The molecule has 0 aliphatic carbocycles. The highest BCUT2D eigenvalue weighted by atomic mass is 16.2. The summed E-state index contributed by atoms with van der Waals surface area (Å²) in [7, 11) is 1.77. The van der Waals surface area contributed by atoms with Gasteiger partial charge in [-0.2, -0.15) is 5.26 Å². The number of nitrogens with zero attached hydrogens (tertiary/aromatic N) is 3. The minimum absolute atomic E-state index is 0.0882. The molecule has 0 bridgehead atoms. The average molecular weight is 246 g/mol. The van der Waals surface area contributed by atoms with Crippen molar-refractivity contribution in [1.82, 2.24) is 9.88 Å². The molecule has 1 N–H and O–H groups in total. The van der Waals surface area contributed by atoms with Gasteiger partial charge in [0.1, 0.15) is 5.82 Å². The quantitative estimate of drug-likeness (QED) is 0.859. The van der Waals surface area contributed by atoms with Crippen LogP contribution in [0.5, 0.6) is 0 Å². The van der Waals surface area contributed by atoms with E-state index in [4.69, 9.17) is 5.26 Å². The van der Waals surface area contributed by atoms with Gasteiger partial charge in [0.2, 0.25) is 0 Å². The second-order valence-corrected chi connectivity index (χ2v) is 4.06. The second kappa shape index (κ2) is 6.60. The number of anilines is 1. The van der Waals surface area contributed by atoms with Crippen LogP contribution >= 0.6 is 0 Å². The SMILES string of the molecule is CCN(CC(C)C#N)C(=O)c1ccc(NC)nc1. The standard InChI is InChI=1S/C13H18N4O/c1-4-17(9-10(2)7-14)13(18)11-5-6-12(15-3)16-8-11/h5-6,8,10H,4,9H2,1-3H3,(H,15,16). The summed E-state index contributed by atoms with van der Waals surface area (Å²) < 4.78 is 0. The molecule has 1 rings (SSSR count). The van der Waals surface area contributed by atoms with Crippen LogP contribution in [0, 0.1) is 17.2 Å². The molecule has 18 heavy (non-hydrogen) atoms. The van der Waals surface area contributed by atoms with Crippen LogP contribution in [-0.4, -0.2) is 35.9 Å². The molecule has 0 aliphatic heterocycles. The Morgan fingerprint density at radius 2 is 2.33 bits per heavy atom. The van der Waals surface area contributed by atoms with E-state index in [2.05, 4.69) is 16.4 Å². The van der Waals surface area contributed by atoms with E-state index in [-0.39, 0.29) is 11.8 Å². The molecule has 1 amide bonds. The van der Waals surface area contributed by atoms with Gasteiger partial charge in [-0.15, -0.1) is 0 Å². The number of pyridine rings is 1. The van der Waals surface area contributed by atoms with Gasteiger partial charge in [-0.25, -0.2) is 4.98 Å². The molecule has 5 heteroatoms. The lowest BCUT2D eigenvalue weighted by Gasteiger charge is -2.21. The molecule has 1 unspecified atom stereocenters. The Kier molecular flexibility index (Phi) is 5.12. The summed E-state index contributed by atoms with van der Waals surface area (Å²) in [5.74, 6) is 0.466. The number of amides is 1. The number of carbonyl (C=O) groups is 1. The van der Waals surface area contributed by atoms with Gasteiger partial charge in [-0.05, 0) is 26.0 Å². The third-order valence-electron chi connectivity index (χ3n) is 2.65. The smallest absolute Gasteiger partial charge is 0.255 e. The summed E-state index contributed by atoms with van der Waals surface area (Å²) in [5.41, 5.74) is 0.543. The highest BCUT2D eigenvalue weighted by Gasteiger charge is 2.16. The first-order valence-electron chi connectivity index (χ1n) is 5.95. The Balaban J connectivity index is 2.80. The van der Waals surface area contributed by atoms with Crippen molar-refractivity contribution in [3.63, 3.8) is 0 Å². The maximum absolute atomic E-state index is 12.2. The van der Waals surface area contributed by atoms with Crippen LogP contribution in [-0.2, 0) is 0 Å². The summed E-state index contributed by atoms with van der Waals surface area (Å²) in [4.78, 5) is 18.0. The molecule has 1 aromatic heterocycles. The first-order chi connectivity index (χ1) is 8.62. The molecule has 1 aromatic rings. The monoisotopic (exact) mass is 246 g/mol. The van der Waals surface area contributed by atoms with E-state index in [1.807, 2.05) is 6.92 Å². The van der Waals surface area contributed by atoms with Gasteiger partial charge in [0.15, 0.2) is 0 Å². The van der Waals surface area contributed by atoms with E-state index in [0.717, 1.165) is 5.82 Å². The molecule has 0 aromatic carbocycles. The van der Waals surface area contributed by atoms with Gasteiger partial charge in [0.05, 0.1) is 17.6 Å². The van der Waals surface area contributed by atoms with Crippen molar-refractivity contribution >= 4 is 11.7 Å². The number of rotatable bonds is 5. The average Bonchev–Trinajstić information content (AvgIpc) is 2.43. The Morgan fingerprint density at radius 1 is 1.61 bits per heavy atom. The summed E-state index contributed by atoms with van der Waals surface area (Å²) in [5, 5.41) is 11.7. The highest BCUT2D eigenvalue weighted by Crippen LogP contribution is 2.09. The molecule has 1 atom stereocenters. The third-order valence-corrected chi connectivity index (χ3v) is 2.65. The molecule has 0 aliphatic rings. The maximum Gasteiger partial charge on any atom is 0.255 e. The molecule has 0 radical (unpaired) electrons. The minimum Gasteiger partial charge on any atom is -0.373 e. The fourth-order valence-corrected chi connectivity index (χ4v) is 1.58. The molecule has 96 valence electrons. The summed E-state index contributed by atoms with van der Waals surface area (Å²) in [6.07, 6.45) is 1.55. The van der Waals surface area contributed by atoms with Crippen LogP contribution in [0.15, 0.2) is 18.3 Å². The van der Waals surface area contributed by atoms with Crippen molar-refractivity contribution in [3.8, 4) is 6.07 Å². The molecule has 1 heterocycles. The van der Waals surface area contributed by atoms with Crippen LogP contribution in [0.2, 0.25) is 0 Å². The Labute approximate surface area is 107 Å². The Hall–Kier alpha value is -2.09. The topological polar surface area (TPSA) is 69.0 Å². The van der Waals surface area contributed by atoms with Gasteiger partial charge in [0.25, 0.3) is 5.91 Å². The zero-order chi connectivity index (χ0) is 13.5. The second-order valence-electron chi connectivity index (χ2n) is 4.06. The van der Waals surface area contributed by atoms with Gasteiger partial charge in [-0.1, -0.05) is 0 Å². The van der Waals surface area contributed by atoms with E-state index < -0.39 is 0 Å². The van der Waals surface area contributed by atoms with Crippen molar-refractivity contribution in [3.05, 3.63) is 23.9 Å². The van der Waals surface area contributed by atoms with E-state index in [9.17, 15) is 4.79 Å². The predicted molar refractivity (Wildman–Crippen MR) is 70.1 cm³/mol. The molecular formula is C13H18N4O. The van der Waals surface area contributed by atoms with Crippen LogP contribution in [0.3, 0.4) is 0 Å². The van der Waals surface area contributed by atoms with Crippen molar-refractivity contribution < 1.29 is 4.79 Å². The fourth-order valence-electron chi connectivity index (χ4n) is 1.58. The minimum atomic E-state index is -0.168. The van der Waals surface area contributed by atoms with E-state index in [1.54, 1.807) is 37.2 Å². The number of aromatic nitrogens is 1. The largest absolute Gasteiger partial charge is 0.373 e. The maximum atomic E-state index is 12.2. The molecule has 5 nitrogen and oxygen atoms in total. The van der Waals surface area contributed by atoms with Crippen molar-refractivity contribution in [2.24, 2.45) is 5.92 Å². The van der Waals surface area contributed by atoms with Gasteiger partial charge >= 0.3 is 0 Å². The van der Waals surface area contributed by atoms with Gasteiger partial charge < -0.3 is 10.2 Å². The fraction of sp³-hybridized carbons (Fsp3) is 0.462. The van der Waals surface area contributed by atoms with Crippen LogP contribution < -0.4 is 5.32 Å². The molecule has 0 fully saturated rings. The highest BCUT2D eigenvalue weighted by molar-refractivity contribution is 5.94. The molecule has 0 saturated heterocycles. The van der Waals surface area contributed by atoms with E-state index >= 15 is 0 Å². The number of nitrogens with one attached hydrogen (secondary N) is 1. The lowest BCUT2D eigenvalue weighted by atomic mass is 10.1. The molecule has 0 spiro atoms. The summed E-state index contributed by atoms with van der Waals surface area (Å²) in [6.45, 7) is 4.73. The Bertz CT molecular complexity index is 435. The Morgan fingerprint density at radius 3 is 2.78 bits per heavy atom. The first-order valence-corrected chi connectivity index (χ1v) is 5.95. The van der Waals surface area contributed by atoms with Crippen LogP contribution in [0.25, 0.3) is 0 Å².